The van der Waals surface area contributed by atoms with Crippen LogP contribution in [0.3, 0.4) is 0 Å². The summed E-state index contributed by atoms with van der Waals surface area (Å²) in [5.41, 5.74) is 8.08. The number of amides is 1. The first kappa shape index (κ1) is 14.5. The lowest BCUT2D eigenvalue weighted by Gasteiger charge is -2.20. The first-order chi connectivity index (χ1) is 8.32. The van der Waals surface area contributed by atoms with Gasteiger partial charge in [-0.05, 0) is 34.9 Å². The van der Waals surface area contributed by atoms with Gasteiger partial charge in [0.1, 0.15) is 6.54 Å². The van der Waals surface area contributed by atoms with Crippen LogP contribution in [0, 0.1) is 13.8 Å². The second-order valence-corrected chi connectivity index (χ2v) is 4.86. The van der Waals surface area contributed by atoms with Crippen molar-refractivity contribution >= 4 is 11.6 Å². The molecule has 0 fully saturated rings. The zero-order valence-electron chi connectivity index (χ0n) is 11.8. The molecule has 102 valence electrons. The Bertz CT molecular complexity index is 424. The highest BCUT2D eigenvalue weighted by Gasteiger charge is 2.12. The summed E-state index contributed by atoms with van der Waals surface area (Å²) >= 11 is 0. The Morgan fingerprint density at radius 1 is 1.50 bits per heavy atom. The molecule has 6 nitrogen and oxygen atoms in total. The highest BCUT2D eigenvalue weighted by atomic mass is 16.2. The van der Waals surface area contributed by atoms with E-state index in [1.807, 2.05) is 27.9 Å². The quantitative estimate of drug-likeness (QED) is 0.783. The molecule has 3 N–H and O–H groups in total. The van der Waals surface area contributed by atoms with Crippen LogP contribution in [-0.2, 0) is 11.3 Å². The Kier molecular flexibility index (Phi) is 4.72. The molecule has 1 heterocycles. The van der Waals surface area contributed by atoms with E-state index in [0.717, 1.165) is 11.4 Å². The number of likely N-dealkylation sites (N-methyl/N-ethyl adjacent to an activating group) is 1. The SMILES string of the molecule is Cc1nn(CC(=O)NCC(C)N(C)C)c(C)c1N. The van der Waals surface area contributed by atoms with E-state index in [9.17, 15) is 4.79 Å². The van der Waals surface area contributed by atoms with Gasteiger partial charge in [-0.3, -0.25) is 9.48 Å². The van der Waals surface area contributed by atoms with Gasteiger partial charge in [-0.15, -0.1) is 0 Å². The van der Waals surface area contributed by atoms with Crippen LogP contribution >= 0.6 is 0 Å². The summed E-state index contributed by atoms with van der Waals surface area (Å²) < 4.78 is 1.64. The molecule has 0 bridgehead atoms. The van der Waals surface area contributed by atoms with Crippen molar-refractivity contribution in [1.29, 1.82) is 0 Å². The van der Waals surface area contributed by atoms with E-state index in [-0.39, 0.29) is 12.5 Å². The van der Waals surface area contributed by atoms with E-state index in [2.05, 4.69) is 22.2 Å². The van der Waals surface area contributed by atoms with Crippen molar-refractivity contribution in [2.24, 2.45) is 0 Å². The predicted octanol–water partition coefficient (Wildman–Crippen LogP) is 0.148. The van der Waals surface area contributed by atoms with Crippen LogP contribution in [0.4, 0.5) is 5.69 Å². The number of rotatable bonds is 5. The molecule has 0 radical (unpaired) electrons. The number of carbonyl (C=O) groups is 1. The maximum absolute atomic E-state index is 11.8. The summed E-state index contributed by atoms with van der Waals surface area (Å²) in [6.07, 6.45) is 0. The summed E-state index contributed by atoms with van der Waals surface area (Å²) in [5, 5.41) is 7.12. The maximum Gasteiger partial charge on any atom is 0.241 e. The van der Waals surface area contributed by atoms with Crippen LogP contribution in [0.15, 0.2) is 0 Å². The first-order valence-electron chi connectivity index (χ1n) is 6.05. The van der Waals surface area contributed by atoms with Gasteiger partial charge in [0.15, 0.2) is 0 Å². The minimum absolute atomic E-state index is 0.0469. The van der Waals surface area contributed by atoms with Crippen molar-refractivity contribution in [2.75, 3.05) is 26.4 Å². The molecule has 1 amide bonds. The first-order valence-corrected chi connectivity index (χ1v) is 6.05. The molecule has 0 spiro atoms. The van der Waals surface area contributed by atoms with Crippen molar-refractivity contribution in [3.63, 3.8) is 0 Å². The number of nitrogens with two attached hydrogens (primary N) is 1. The second-order valence-electron chi connectivity index (χ2n) is 4.86. The molecule has 0 aliphatic rings. The molecule has 1 aromatic rings. The van der Waals surface area contributed by atoms with Gasteiger partial charge in [-0.25, -0.2) is 0 Å². The van der Waals surface area contributed by atoms with E-state index in [0.29, 0.717) is 18.3 Å². The highest BCUT2D eigenvalue weighted by molar-refractivity contribution is 5.76. The minimum atomic E-state index is -0.0469. The van der Waals surface area contributed by atoms with Crippen LogP contribution in [0.1, 0.15) is 18.3 Å². The largest absolute Gasteiger partial charge is 0.396 e. The number of nitrogens with zero attached hydrogens (tertiary/aromatic N) is 3. The van der Waals surface area contributed by atoms with Crippen molar-refractivity contribution in [3.05, 3.63) is 11.4 Å². The molecule has 1 aromatic heterocycles. The summed E-state index contributed by atoms with van der Waals surface area (Å²) in [5.74, 6) is -0.0469. The summed E-state index contributed by atoms with van der Waals surface area (Å²) in [6.45, 7) is 6.60. The van der Waals surface area contributed by atoms with E-state index in [4.69, 9.17) is 5.73 Å². The summed E-state index contributed by atoms with van der Waals surface area (Å²) in [4.78, 5) is 13.8. The molecule has 0 aliphatic carbocycles. The number of carbonyl (C=O) groups excluding carboxylic acids is 1. The molecular formula is C12H23N5O. The molecule has 1 rings (SSSR count). The van der Waals surface area contributed by atoms with Gasteiger partial charge in [0.25, 0.3) is 0 Å². The average molecular weight is 253 g/mol. The third-order valence-corrected chi connectivity index (χ3v) is 3.21. The van der Waals surface area contributed by atoms with Crippen molar-refractivity contribution < 1.29 is 4.79 Å². The maximum atomic E-state index is 11.8. The van der Waals surface area contributed by atoms with E-state index >= 15 is 0 Å². The lowest BCUT2D eigenvalue weighted by Crippen LogP contribution is -2.39. The molecular weight excluding hydrogens is 230 g/mol. The van der Waals surface area contributed by atoms with Gasteiger partial charge in [0.2, 0.25) is 5.91 Å². The lowest BCUT2D eigenvalue weighted by molar-refractivity contribution is -0.122. The molecule has 6 heteroatoms. The predicted molar refractivity (Wildman–Crippen MR) is 72.3 cm³/mol. The van der Waals surface area contributed by atoms with Gasteiger partial charge in [-0.1, -0.05) is 0 Å². The van der Waals surface area contributed by atoms with E-state index in [1.165, 1.54) is 0 Å². The Balaban J connectivity index is 2.52. The van der Waals surface area contributed by atoms with Crippen molar-refractivity contribution in [1.82, 2.24) is 20.0 Å². The lowest BCUT2D eigenvalue weighted by atomic mass is 10.3. The van der Waals surface area contributed by atoms with Gasteiger partial charge in [-0.2, -0.15) is 5.10 Å². The van der Waals surface area contributed by atoms with Gasteiger partial charge in [0, 0.05) is 12.6 Å². The number of hydrogen-bond donors (Lipinski definition) is 2. The molecule has 0 saturated heterocycles. The summed E-state index contributed by atoms with van der Waals surface area (Å²) in [7, 11) is 3.97. The number of nitrogen functional groups attached to an aromatic ring is 1. The minimum Gasteiger partial charge on any atom is -0.396 e. The Labute approximate surface area is 108 Å². The smallest absolute Gasteiger partial charge is 0.241 e. The number of nitrogens with one attached hydrogen (secondary N) is 1. The number of hydrogen-bond acceptors (Lipinski definition) is 4. The van der Waals surface area contributed by atoms with Crippen LogP contribution in [0.25, 0.3) is 0 Å². The van der Waals surface area contributed by atoms with Crippen molar-refractivity contribution in [3.8, 4) is 0 Å². The van der Waals surface area contributed by atoms with Crippen LogP contribution in [-0.4, -0.2) is 47.3 Å². The molecule has 1 unspecified atom stereocenters. The topological polar surface area (TPSA) is 76.2 Å². The van der Waals surface area contributed by atoms with Gasteiger partial charge in [0.05, 0.1) is 17.1 Å². The highest BCUT2D eigenvalue weighted by Crippen LogP contribution is 2.14. The van der Waals surface area contributed by atoms with Gasteiger partial charge >= 0.3 is 0 Å². The van der Waals surface area contributed by atoms with Gasteiger partial charge < -0.3 is 16.0 Å². The fourth-order valence-corrected chi connectivity index (χ4v) is 1.50. The molecule has 18 heavy (non-hydrogen) atoms. The normalized spacial score (nSPS) is 12.8. The summed E-state index contributed by atoms with van der Waals surface area (Å²) in [6, 6.07) is 0.305. The fraction of sp³-hybridized carbons (Fsp3) is 0.667. The Morgan fingerprint density at radius 3 is 2.56 bits per heavy atom. The third kappa shape index (κ3) is 3.46. The zero-order chi connectivity index (χ0) is 13.9. The number of aromatic nitrogens is 2. The van der Waals surface area contributed by atoms with Crippen LogP contribution in [0.2, 0.25) is 0 Å². The molecule has 1 atom stereocenters. The Hall–Kier alpha value is -1.56. The fourth-order valence-electron chi connectivity index (χ4n) is 1.50. The van der Waals surface area contributed by atoms with E-state index < -0.39 is 0 Å². The van der Waals surface area contributed by atoms with Crippen LogP contribution in [0.5, 0.6) is 0 Å². The van der Waals surface area contributed by atoms with Crippen LogP contribution < -0.4 is 11.1 Å². The average Bonchev–Trinajstić information content (AvgIpc) is 2.54. The van der Waals surface area contributed by atoms with E-state index in [1.54, 1.807) is 4.68 Å². The zero-order valence-corrected chi connectivity index (χ0v) is 11.8. The monoisotopic (exact) mass is 253 g/mol. The second kappa shape index (κ2) is 5.86. The molecule has 0 aromatic carbocycles. The number of aryl methyl sites for hydroxylation is 1. The molecule has 0 saturated carbocycles. The van der Waals surface area contributed by atoms with Crippen molar-refractivity contribution in [2.45, 2.75) is 33.4 Å². The standard InChI is InChI=1S/C12H23N5O/c1-8(16(4)5)6-14-11(18)7-17-10(3)12(13)9(2)15-17/h8H,6-7,13H2,1-5H3,(H,14,18). The Morgan fingerprint density at radius 2 is 2.11 bits per heavy atom. The third-order valence-electron chi connectivity index (χ3n) is 3.21. The number of anilines is 1. The molecule has 0 aliphatic heterocycles.